The van der Waals surface area contributed by atoms with E-state index in [-0.39, 0.29) is 11.8 Å². The van der Waals surface area contributed by atoms with Crippen LogP contribution in [0.1, 0.15) is 6.42 Å². The van der Waals surface area contributed by atoms with Crippen molar-refractivity contribution in [1.82, 2.24) is 0 Å². The van der Waals surface area contributed by atoms with Gasteiger partial charge in [0.25, 0.3) is 0 Å². The highest BCUT2D eigenvalue weighted by molar-refractivity contribution is 5.73. The number of nitrogens with one attached hydrogen (secondary N) is 1. The largest absolute Gasteiger partial charge is 0.497 e. The summed E-state index contributed by atoms with van der Waals surface area (Å²) < 4.78 is 10.4. The van der Waals surface area contributed by atoms with E-state index in [1.807, 2.05) is 18.2 Å². The second-order valence-corrected chi connectivity index (χ2v) is 4.39. The number of benzene rings is 1. The lowest BCUT2D eigenvalue weighted by atomic mass is 10.2. The molecule has 2 rings (SSSR count). The van der Waals surface area contributed by atoms with Crippen LogP contribution in [0.3, 0.4) is 0 Å². The van der Waals surface area contributed by atoms with Crippen LogP contribution < -0.4 is 14.8 Å². The smallest absolute Gasteiger partial charge is 0.306 e. The summed E-state index contributed by atoms with van der Waals surface area (Å²) in [5, 5.41) is 12.0. The fourth-order valence-electron chi connectivity index (χ4n) is 1.97. The van der Waals surface area contributed by atoms with Crippen molar-refractivity contribution in [2.24, 2.45) is 11.8 Å². The molecular formula is C13H17NO4. The SMILES string of the molecule is COc1ccc(OC)c(NCC2CC2C(=O)O)c1. The highest BCUT2D eigenvalue weighted by atomic mass is 16.5. The van der Waals surface area contributed by atoms with E-state index in [1.54, 1.807) is 14.2 Å². The van der Waals surface area contributed by atoms with Gasteiger partial charge in [0.05, 0.1) is 25.8 Å². The van der Waals surface area contributed by atoms with Gasteiger partial charge < -0.3 is 19.9 Å². The number of anilines is 1. The van der Waals surface area contributed by atoms with Crippen LogP contribution in [-0.4, -0.2) is 31.8 Å². The van der Waals surface area contributed by atoms with Crippen LogP contribution in [0.25, 0.3) is 0 Å². The van der Waals surface area contributed by atoms with Gasteiger partial charge in [0.1, 0.15) is 11.5 Å². The third kappa shape index (κ3) is 2.67. The minimum absolute atomic E-state index is 0.200. The minimum atomic E-state index is -0.709. The Kier molecular flexibility index (Phi) is 3.60. The van der Waals surface area contributed by atoms with Gasteiger partial charge in [-0.1, -0.05) is 0 Å². The Morgan fingerprint density at radius 3 is 2.78 bits per heavy atom. The molecule has 2 N–H and O–H groups in total. The Bertz CT molecular complexity index is 447. The average Bonchev–Trinajstić information content (AvgIpc) is 3.15. The summed E-state index contributed by atoms with van der Waals surface area (Å²) in [5.41, 5.74) is 0.827. The van der Waals surface area contributed by atoms with Crippen LogP contribution >= 0.6 is 0 Å². The second kappa shape index (κ2) is 5.16. The zero-order valence-electron chi connectivity index (χ0n) is 10.5. The van der Waals surface area contributed by atoms with Gasteiger partial charge in [-0.05, 0) is 24.5 Å². The van der Waals surface area contributed by atoms with Crippen LogP contribution in [0, 0.1) is 11.8 Å². The lowest BCUT2D eigenvalue weighted by Crippen LogP contribution is -2.09. The maximum atomic E-state index is 10.7. The van der Waals surface area contributed by atoms with Crippen molar-refractivity contribution in [3.05, 3.63) is 18.2 Å². The fourth-order valence-corrected chi connectivity index (χ4v) is 1.97. The number of carbonyl (C=O) groups is 1. The Morgan fingerprint density at radius 1 is 1.44 bits per heavy atom. The lowest BCUT2D eigenvalue weighted by molar-refractivity contribution is -0.138. The third-order valence-corrected chi connectivity index (χ3v) is 3.20. The van der Waals surface area contributed by atoms with Crippen LogP contribution in [-0.2, 0) is 4.79 Å². The molecule has 2 unspecified atom stereocenters. The molecule has 0 spiro atoms. The molecule has 0 bridgehead atoms. The molecule has 1 fully saturated rings. The summed E-state index contributed by atoms with van der Waals surface area (Å²) in [5.74, 6) is 0.763. The zero-order chi connectivity index (χ0) is 13.1. The van der Waals surface area contributed by atoms with E-state index >= 15 is 0 Å². The molecule has 98 valence electrons. The average molecular weight is 251 g/mol. The quantitative estimate of drug-likeness (QED) is 0.807. The van der Waals surface area contributed by atoms with E-state index in [2.05, 4.69) is 5.32 Å². The van der Waals surface area contributed by atoms with Gasteiger partial charge in [0.15, 0.2) is 0 Å². The molecule has 1 aromatic carbocycles. The molecule has 2 atom stereocenters. The summed E-state index contributed by atoms with van der Waals surface area (Å²) in [4.78, 5) is 10.7. The Labute approximate surface area is 106 Å². The molecule has 1 aliphatic rings. The number of carboxylic acids is 1. The van der Waals surface area contributed by atoms with Crippen molar-refractivity contribution < 1.29 is 19.4 Å². The molecule has 18 heavy (non-hydrogen) atoms. The van der Waals surface area contributed by atoms with Crippen LogP contribution in [0.2, 0.25) is 0 Å². The molecule has 0 aromatic heterocycles. The molecule has 0 saturated heterocycles. The zero-order valence-corrected chi connectivity index (χ0v) is 10.5. The number of methoxy groups -OCH3 is 2. The van der Waals surface area contributed by atoms with Crippen LogP contribution in [0.4, 0.5) is 5.69 Å². The van der Waals surface area contributed by atoms with E-state index in [9.17, 15) is 4.79 Å². The monoisotopic (exact) mass is 251 g/mol. The van der Waals surface area contributed by atoms with Crippen molar-refractivity contribution in [3.8, 4) is 11.5 Å². The maximum Gasteiger partial charge on any atom is 0.306 e. The normalized spacial score (nSPS) is 21.2. The van der Waals surface area contributed by atoms with E-state index in [0.29, 0.717) is 6.54 Å². The first kappa shape index (κ1) is 12.5. The molecule has 1 saturated carbocycles. The van der Waals surface area contributed by atoms with E-state index in [0.717, 1.165) is 23.6 Å². The molecule has 1 aromatic rings. The van der Waals surface area contributed by atoms with Crippen molar-refractivity contribution >= 4 is 11.7 Å². The van der Waals surface area contributed by atoms with Crippen LogP contribution in [0.5, 0.6) is 11.5 Å². The first-order valence-corrected chi connectivity index (χ1v) is 5.84. The van der Waals surface area contributed by atoms with Crippen molar-refractivity contribution in [3.63, 3.8) is 0 Å². The predicted molar refractivity (Wildman–Crippen MR) is 67.3 cm³/mol. The molecule has 0 heterocycles. The maximum absolute atomic E-state index is 10.7. The van der Waals surface area contributed by atoms with Crippen molar-refractivity contribution in [1.29, 1.82) is 0 Å². The first-order chi connectivity index (χ1) is 8.65. The standard InChI is InChI=1S/C13H17NO4/c1-17-9-3-4-12(18-2)11(6-9)14-7-8-5-10(8)13(15)16/h3-4,6,8,10,14H,5,7H2,1-2H3,(H,15,16). The van der Waals surface area contributed by atoms with Gasteiger partial charge in [-0.3, -0.25) is 4.79 Å². The van der Waals surface area contributed by atoms with Gasteiger partial charge in [-0.2, -0.15) is 0 Å². The number of hydrogen-bond donors (Lipinski definition) is 2. The summed E-state index contributed by atoms with van der Waals surface area (Å²) in [6.07, 6.45) is 0.745. The predicted octanol–water partition coefficient (Wildman–Crippen LogP) is 1.84. The topological polar surface area (TPSA) is 67.8 Å². The number of hydrogen-bond acceptors (Lipinski definition) is 4. The van der Waals surface area contributed by atoms with Crippen LogP contribution in [0.15, 0.2) is 18.2 Å². The van der Waals surface area contributed by atoms with E-state index in [1.165, 1.54) is 0 Å². The van der Waals surface area contributed by atoms with Gasteiger partial charge in [0.2, 0.25) is 0 Å². The highest BCUT2D eigenvalue weighted by Crippen LogP contribution is 2.39. The Morgan fingerprint density at radius 2 is 2.22 bits per heavy atom. The molecule has 0 amide bonds. The Hall–Kier alpha value is -1.91. The first-order valence-electron chi connectivity index (χ1n) is 5.84. The molecule has 0 aliphatic heterocycles. The summed E-state index contributed by atoms with van der Waals surface area (Å²) in [6, 6.07) is 5.49. The summed E-state index contributed by atoms with van der Waals surface area (Å²) >= 11 is 0. The number of ether oxygens (including phenoxy) is 2. The molecule has 5 nitrogen and oxygen atoms in total. The van der Waals surface area contributed by atoms with Gasteiger partial charge >= 0.3 is 5.97 Å². The van der Waals surface area contributed by atoms with Gasteiger partial charge in [-0.25, -0.2) is 0 Å². The third-order valence-electron chi connectivity index (χ3n) is 3.20. The minimum Gasteiger partial charge on any atom is -0.497 e. The molecule has 0 radical (unpaired) electrons. The van der Waals surface area contributed by atoms with E-state index in [4.69, 9.17) is 14.6 Å². The Balaban J connectivity index is 1.98. The summed E-state index contributed by atoms with van der Waals surface area (Å²) in [7, 11) is 3.21. The van der Waals surface area contributed by atoms with Gasteiger partial charge in [-0.15, -0.1) is 0 Å². The molecule has 1 aliphatic carbocycles. The van der Waals surface area contributed by atoms with Gasteiger partial charge in [0, 0.05) is 12.6 Å². The fraction of sp³-hybridized carbons (Fsp3) is 0.462. The highest BCUT2D eigenvalue weighted by Gasteiger charge is 2.42. The van der Waals surface area contributed by atoms with E-state index < -0.39 is 5.97 Å². The lowest BCUT2D eigenvalue weighted by Gasteiger charge is -2.12. The number of rotatable bonds is 6. The summed E-state index contributed by atoms with van der Waals surface area (Å²) in [6.45, 7) is 0.639. The second-order valence-electron chi connectivity index (χ2n) is 4.39. The number of aliphatic carboxylic acids is 1. The molecular weight excluding hydrogens is 234 g/mol. The van der Waals surface area contributed by atoms with Crippen molar-refractivity contribution in [2.45, 2.75) is 6.42 Å². The number of carboxylic acid groups (broad SMARTS) is 1. The van der Waals surface area contributed by atoms with Crippen molar-refractivity contribution in [2.75, 3.05) is 26.1 Å². The molecule has 5 heteroatoms.